The number of rotatable bonds is 4. The number of hydrogen-bond acceptors (Lipinski definition) is 6. The highest BCUT2D eigenvalue weighted by Crippen LogP contribution is 2.37. The summed E-state index contributed by atoms with van der Waals surface area (Å²) in [6, 6.07) is 9.14. The van der Waals surface area contributed by atoms with Gasteiger partial charge in [0.25, 0.3) is 11.8 Å². The summed E-state index contributed by atoms with van der Waals surface area (Å²) in [5, 5.41) is 12.9. The summed E-state index contributed by atoms with van der Waals surface area (Å²) in [5.41, 5.74) is 2.10. The summed E-state index contributed by atoms with van der Waals surface area (Å²) >= 11 is 1.40. The number of imide groups is 1. The molecule has 2 aliphatic rings. The van der Waals surface area contributed by atoms with E-state index in [9.17, 15) is 19.6 Å². The van der Waals surface area contributed by atoms with Crippen molar-refractivity contribution in [2.75, 3.05) is 18.4 Å². The van der Waals surface area contributed by atoms with Gasteiger partial charge in [0.15, 0.2) is 0 Å². The average Bonchev–Trinajstić information content (AvgIpc) is 3.17. The molecule has 7 nitrogen and oxygen atoms in total. The molecule has 0 bridgehead atoms. The molecule has 1 N–H and O–H groups in total. The molecule has 0 unspecified atom stereocenters. The molecule has 2 aromatic rings. The van der Waals surface area contributed by atoms with Gasteiger partial charge in [-0.1, -0.05) is 12.1 Å². The number of fused-ring (bicyclic) bond motifs is 2. The number of amides is 3. The molecule has 3 heterocycles. The first kappa shape index (κ1) is 19.3. The molecule has 1 aromatic carbocycles. The van der Waals surface area contributed by atoms with Gasteiger partial charge in [0.1, 0.15) is 17.6 Å². The number of anilines is 1. The van der Waals surface area contributed by atoms with Crippen LogP contribution in [0.1, 0.15) is 50.6 Å². The van der Waals surface area contributed by atoms with Crippen LogP contribution >= 0.6 is 11.3 Å². The van der Waals surface area contributed by atoms with Gasteiger partial charge < -0.3 is 5.32 Å². The zero-order valence-electron chi connectivity index (χ0n) is 16.2. The zero-order chi connectivity index (χ0) is 20.7. The number of carbonyl (C=O) groups excluding carboxylic acids is 3. The lowest BCUT2D eigenvalue weighted by Crippen LogP contribution is -2.37. The smallest absolute Gasteiger partial charge is 0.262 e. The minimum atomic E-state index is -0.490. The summed E-state index contributed by atoms with van der Waals surface area (Å²) in [5.74, 6) is -1.44. The second-order valence-corrected chi connectivity index (χ2v) is 8.53. The molecule has 4 rings (SSSR count). The Hall–Kier alpha value is -3.02. The van der Waals surface area contributed by atoms with Crippen molar-refractivity contribution in [3.8, 4) is 6.07 Å². The molecular weight excluding hydrogens is 388 g/mol. The van der Waals surface area contributed by atoms with Crippen LogP contribution in [0.15, 0.2) is 24.3 Å². The number of nitrogens with zero attached hydrogens (tertiary/aromatic N) is 3. The zero-order valence-corrected chi connectivity index (χ0v) is 17.0. The molecule has 0 aliphatic carbocycles. The maximum Gasteiger partial charge on any atom is 0.262 e. The first-order valence-electron chi connectivity index (χ1n) is 9.44. The number of nitriles is 1. The largest absolute Gasteiger partial charge is 0.315 e. The molecule has 0 atom stereocenters. The second-order valence-electron chi connectivity index (χ2n) is 7.42. The van der Waals surface area contributed by atoms with Crippen LogP contribution in [-0.4, -0.2) is 46.7 Å². The summed E-state index contributed by atoms with van der Waals surface area (Å²) in [7, 11) is 0. The minimum absolute atomic E-state index is 0.309. The van der Waals surface area contributed by atoms with Gasteiger partial charge in [-0.05, 0) is 38.0 Å². The van der Waals surface area contributed by atoms with Crippen LogP contribution in [0.2, 0.25) is 0 Å². The quantitative estimate of drug-likeness (QED) is 0.785. The molecule has 0 radical (unpaired) electrons. The Morgan fingerprint density at radius 3 is 2.48 bits per heavy atom. The summed E-state index contributed by atoms with van der Waals surface area (Å²) in [4.78, 5) is 41.8. The van der Waals surface area contributed by atoms with Crippen LogP contribution in [0, 0.1) is 11.3 Å². The number of nitrogens with one attached hydrogen (secondary N) is 1. The molecule has 0 saturated heterocycles. The van der Waals surface area contributed by atoms with Crippen molar-refractivity contribution in [1.29, 1.82) is 5.26 Å². The third kappa shape index (κ3) is 3.33. The standard InChI is InChI=1S/C21H20N4O3S/c1-12(2)24-8-7-13-16(9-22)19(29-17(13)10-24)23-18(26)11-25-20(27)14-5-3-4-6-15(14)21(25)28/h3-6,12H,7-8,10-11H2,1-2H3,(H,23,26). The monoisotopic (exact) mass is 408 g/mol. The van der Waals surface area contributed by atoms with Crippen LogP contribution < -0.4 is 5.32 Å². The number of benzene rings is 1. The first-order chi connectivity index (χ1) is 13.9. The maximum atomic E-state index is 12.6. The minimum Gasteiger partial charge on any atom is -0.315 e. The van der Waals surface area contributed by atoms with Crippen LogP contribution in [0.5, 0.6) is 0 Å². The molecule has 8 heteroatoms. The molecule has 0 spiro atoms. The fourth-order valence-corrected chi connectivity index (χ4v) is 5.00. The van der Waals surface area contributed by atoms with E-state index in [1.807, 2.05) is 0 Å². The predicted molar refractivity (Wildman–Crippen MR) is 109 cm³/mol. The van der Waals surface area contributed by atoms with E-state index in [0.717, 1.165) is 34.9 Å². The Morgan fingerprint density at radius 1 is 1.24 bits per heavy atom. The summed E-state index contributed by atoms with van der Waals surface area (Å²) in [6.07, 6.45) is 0.765. The number of thiophene rings is 1. The van der Waals surface area contributed by atoms with Crippen molar-refractivity contribution in [2.45, 2.75) is 32.9 Å². The normalized spacial score (nSPS) is 16.0. The van der Waals surface area contributed by atoms with E-state index in [1.54, 1.807) is 24.3 Å². The van der Waals surface area contributed by atoms with Crippen LogP contribution in [0.4, 0.5) is 5.00 Å². The van der Waals surface area contributed by atoms with Crippen LogP contribution in [-0.2, 0) is 17.8 Å². The highest BCUT2D eigenvalue weighted by atomic mass is 32.1. The van der Waals surface area contributed by atoms with Gasteiger partial charge in [0.05, 0.1) is 16.7 Å². The highest BCUT2D eigenvalue weighted by molar-refractivity contribution is 7.16. The van der Waals surface area contributed by atoms with E-state index < -0.39 is 17.7 Å². The van der Waals surface area contributed by atoms with E-state index in [0.29, 0.717) is 27.7 Å². The fourth-order valence-electron chi connectivity index (χ4n) is 3.76. The van der Waals surface area contributed by atoms with E-state index in [-0.39, 0.29) is 6.54 Å². The summed E-state index contributed by atoms with van der Waals surface area (Å²) < 4.78 is 0. The molecule has 3 amide bonds. The Balaban J connectivity index is 1.51. The molecular formula is C21H20N4O3S. The Bertz CT molecular complexity index is 1030. The number of carbonyl (C=O) groups is 3. The highest BCUT2D eigenvalue weighted by Gasteiger charge is 2.36. The van der Waals surface area contributed by atoms with Crippen molar-refractivity contribution < 1.29 is 14.4 Å². The Morgan fingerprint density at radius 2 is 1.90 bits per heavy atom. The molecule has 2 aliphatic heterocycles. The van der Waals surface area contributed by atoms with Gasteiger partial charge >= 0.3 is 0 Å². The Kier molecular flexibility index (Phi) is 4.94. The summed E-state index contributed by atoms with van der Waals surface area (Å²) in [6.45, 7) is 5.51. The van der Waals surface area contributed by atoms with Crippen LogP contribution in [0.25, 0.3) is 0 Å². The van der Waals surface area contributed by atoms with E-state index in [4.69, 9.17) is 0 Å². The first-order valence-corrected chi connectivity index (χ1v) is 10.3. The van der Waals surface area contributed by atoms with Crippen molar-refractivity contribution in [3.63, 3.8) is 0 Å². The molecule has 148 valence electrons. The van der Waals surface area contributed by atoms with Crippen molar-refractivity contribution in [3.05, 3.63) is 51.4 Å². The SMILES string of the molecule is CC(C)N1CCc2c(sc(NC(=O)CN3C(=O)c4ccccc4C3=O)c2C#N)C1. The molecule has 0 fully saturated rings. The maximum absolute atomic E-state index is 12.6. The van der Waals surface area contributed by atoms with E-state index >= 15 is 0 Å². The Labute approximate surface area is 172 Å². The van der Waals surface area contributed by atoms with Gasteiger partial charge in [-0.3, -0.25) is 24.2 Å². The van der Waals surface area contributed by atoms with Gasteiger partial charge in [0.2, 0.25) is 5.91 Å². The molecule has 0 saturated carbocycles. The van der Waals surface area contributed by atoms with Gasteiger partial charge in [0, 0.05) is 24.0 Å². The van der Waals surface area contributed by atoms with Crippen molar-refractivity contribution >= 4 is 34.1 Å². The van der Waals surface area contributed by atoms with Gasteiger partial charge in [-0.15, -0.1) is 11.3 Å². The molecule has 1 aromatic heterocycles. The lowest BCUT2D eigenvalue weighted by Gasteiger charge is -2.30. The van der Waals surface area contributed by atoms with Crippen molar-refractivity contribution in [2.24, 2.45) is 0 Å². The number of hydrogen-bond donors (Lipinski definition) is 1. The molecule has 29 heavy (non-hydrogen) atoms. The third-order valence-corrected chi connectivity index (χ3v) is 6.49. The van der Waals surface area contributed by atoms with Crippen molar-refractivity contribution in [1.82, 2.24) is 9.80 Å². The second kappa shape index (κ2) is 7.43. The van der Waals surface area contributed by atoms with Gasteiger partial charge in [-0.2, -0.15) is 5.26 Å². The topological polar surface area (TPSA) is 93.5 Å². The lowest BCUT2D eigenvalue weighted by molar-refractivity contribution is -0.116. The predicted octanol–water partition coefficient (Wildman–Crippen LogP) is 2.62. The lowest BCUT2D eigenvalue weighted by atomic mass is 10.0. The average molecular weight is 408 g/mol. The van der Waals surface area contributed by atoms with Crippen LogP contribution in [0.3, 0.4) is 0 Å². The van der Waals surface area contributed by atoms with E-state index in [1.165, 1.54) is 11.3 Å². The third-order valence-electron chi connectivity index (χ3n) is 5.36. The fraction of sp³-hybridized carbons (Fsp3) is 0.333. The van der Waals surface area contributed by atoms with E-state index in [2.05, 4.69) is 30.1 Å². The van der Waals surface area contributed by atoms with Gasteiger partial charge in [-0.25, -0.2) is 0 Å².